The van der Waals surface area contributed by atoms with Crippen LogP contribution in [0.25, 0.3) is 0 Å². The molecule has 0 atom stereocenters. The van der Waals surface area contributed by atoms with Crippen molar-refractivity contribution in [3.05, 3.63) is 29.8 Å². The summed E-state index contributed by atoms with van der Waals surface area (Å²) in [5.74, 6) is 0.793. The van der Waals surface area contributed by atoms with Crippen molar-refractivity contribution < 1.29 is 9.53 Å². The molecular formula is C19H31ClN2O2. The lowest BCUT2D eigenvalue weighted by atomic mass is 9.80. The van der Waals surface area contributed by atoms with Crippen LogP contribution in [0.4, 0.5) is 0 Å². The highest BCUT2D eigenvalue weighted by molar-refractivity contribution is 5.94. The monoisotopic (exact) mass is 354 g/mol. The minimum atomic E-state index is -0.00658. The van der Waals surface area contributed by atoms with Crippen molar-refractivity contribution in [1.82, 2.24) is 10.2 Å². The van der Waals surface area contributed by atoms with E-state index < -0.39 is 0 Å². The van der Waals surface area contributed by atoms with Crippen LogP contribution < -0.4 is 10.1 Å². The van der Waals surface area contributed by atoms with Gasteiger partial charge in [0.1, 0.15) is 5.75 Å². The first-order chi connectivity index (χ1) is 10.9. The van der Waals surface area contributed by atoms with E-state index in [1.165, 1.54) is 19.3 Å². The van der Waals surface area contributed by atoms with Crippen molar-refractivity contribution in [3.8, 4) is 5.75 Å². The maximum atomic E-state index is 12.4. The molecule has 1 saturated carbocycles. The van der Waals surface area contributed by atoms with E-state index in [0.717, 1.165) is 18.6 Å². The summed E-state index contributed by atoms with van der Waals surface area (Å²) in [5.41, 5.74) is 0.792. The molecule has 0 bridgehead atoms. The van der Waals surface area contributed by atoms with Crippen LogP contribution in [0.3, 0.4) is 0 Å². The Morgan fingerprint density at radius 1 is 1.17 bits per heavy atom. The second-order valence-electron chi connectivity index (χ2n) is 7.05. The molecule has 1 amide bonds. The van der Waals surface area contributed by atoms with Crippen molar-refractivity contribution in [3.63, 3.8) is 0 Å². The zero-order valence-corrected chi connectivity index (χ0v) is 16.1. The number of hydrogen-bond donors (Lipinski definition) is 1. The number of nitrogens with zero attached hydrogens (tertiary/aromatic N) is 1. The maximum absolute atomic E-state index is 12.4. The fraction of sp³-hybridized carbons (Fsp3) is 0.632. The molecule has 1 aliphatic carbocycles. The third kappa shape index (κ3) is 5.38. The average Bonchev–Trinajstić information content (AvgIpc) is 2.53. The number of rotatable bonds is 6. The summed E-state index contributed by atoms with van der Waals surface area (Å²) >= 11 is 0. The predicted octanol–water partition coefficient (Wildman–Crippen LogP) is 3.89. The van der Waals surface area contributed by atoms with Crippen molar-refractivity contribution in [2.24, 2.45) is 0 Å². The summed E-state index contributed by atoms with van der Waals surface area (Å²) in [6, 6.07) is 7.38. The highest BCUT2D eigenvalue weighted by Crippen LogP contribution is 2.31. The Hall–Kier alpha value is -1.26. The molecule has 4 nitrogen and oxygen atoms in total. The van der Waals surface area contributed by atoms with Gasteiger partial charge in [0, 0.05) is 17.6 Å². The number of carbonyl (C=O) groups excluding carboxylic acids is 1. The first kappa shape index (κ1) is 20.8. The van der Waals surface area contributed by atoms with Gasteiger partial charge in [-0.3, -0.25) is 4.79 Å². The van der Waals surface area contributed by atoms with Gasteiger partial charge >= 0.3 is 0 Å². The van der Waals surface area contributed by atoms with Crippen molar-refractivity contribution in [1.29, 1.82) is 0 Å². The van der Waals surface area contributed by atoms with Gasteiger partial charge in [0.2, 0.25) is 0 Å². The fourth-order valence-corrected chi connectivity index (χ4v) is 3.30. The van der Waals surface area contributed by atoms with E-state index in [2.05, 4.69) is 24.3 Å². The third-order valence-electron chi connectivity index (χ3n) is 4.80. The van der Waals surface area contributed by atoms with E-state index in [1.54, 1.807) is 0 Å². The zero-order chi connectivity index (χ0) is 16.9. The number of carbonyl (C=O) groups is 1. The van der Waals surface area contributed by atoms with Crippen molar-refractivity contribution >= 4 is 18.3 Å². The van der Waals surface area contributed by atoms with Gasteiger partial charge in [-0.1, -0.05) is 19.3 Å². The fourth-order valence-electron chi connectivity index (χ4n) is 3.30. The molecule has 1 aromatic carbocycles. The van der Waals surface area contributed by atoms with Gasteiger partial charge in [-0.05, 0) is 65.0 Å². The lowest BCUT2D eigenvalue weighted by Crippen LogP contribution is -2.53. The highest BCUT2D eigenvalue weighted by Gasteiger charge is 2.34. The Kier molecular flexibility index (Phi) is 8.04. The molecule has 1 N–H and O–H groups in total. The van der Waals surface area contributed by atoms with Gasteiger partial charge < -0.3 is 15.0 Å². The topological polar surface area (TPSA) is 41.6 Å². The Labute approximate surface area is 152 Å². The normalized spacial score (nSPS) is 16.6. The number of hydrogen-bond acceptors (Lipinski definition) is 3. The van der Waals surface area contributed by atoms with Crippen LogP contribution in [-0.2, 0) is 0 Å². The second kappa shape index (κ2) is 9.28. The van der Waals surface area contributed by atoms with Gasteiger partial charge in [-0.15, -0.1) is 12.4 Å². The molecule has 0 unspecified atom stereocenters. The van der Waals surface area contributed by atoms with E-state index in [4.69, 9.17) is 4.74 Å². The van der Waals surface area contributed by atoms with Crippen LogP contribution in [0, 0.1) is 0 Å². The quantitative estimate of drug-likeness (QED) is 0.842. The third-order valence-corrected chi connectivity index (χ3v) is 4.80. The zero-order valence-electron chi connectivity index (χ0n) is 15.3. The van der Waals surface area contributed by atoms with Gasteiger partial charge in [0.25, 0.3) is 5.91 Å². The Bertz CT molecular complexity index is 509. The second-order valence-corrected chi connectivity index (χ2v) is 7.05. The number of amides is 1. The molecule has 1 aromatic rings. The molecule has 24 heavy (non-hydrogen) atoms. The number of halogens is 1. The van der Waals surface area contributed by atoms with Gasteiger partial charge in [-0.25, -0.2) is 0 Å². The van der Waals surface area contributed by atoms with Crippen LogP contribution >= 0.6 is 12.4 Å². The van der Waals surface area contributed by atoms with E-state index >= 15 is 0 Å². The minimum Gasteiger partial charge on any atom is -0.491 e. The number of likely N-dealkylation sites (N-methyl/N-ethyl adjacent to an activating group) is 1. The average molecular weight is 355 g/mol. The molecule has 2 rings (SSSR count). The molecule has 136 valence electrons. The Morgan fingerprint density at radius 3 is 2.25 bits per heavy atom. The van der Waals surface area contributed by atoms with Crippen LogP contribution in [-0.4, -0.2) is 43.1 Å². The number of nitrogens with one attached hydrogen (secondary N) is 1. The first-order valence-corrected chi connectivity index (χ1v) is 8.65. The molecule has 0 aromatic heterocycles. The van der Waals surface area contributed by atoms with Crippen LogP contribution in [0.1, 0.15) is 56.3 Å². The van der Waals surface area contributed by atoms with Crippen LogP contribution in [0.2, 0.25) is 0 Å². The lowest BCUT2D eigenvalue weighted by Gasteiger charge is -2.43. The minimum absolute atomic E-state index is 0. The molecule has 0 aliphatic heterocycles. The molecular weight excluding hydrogens is 324 g/mol. The largest absolute Gasteiger partial charge is 0.491 e. The first-order valence-electron chi connectivity index (χ1n) is 8.65. The SMILES string of the molecule is CC(C)Oc1ccc(C(=O)NCC2(N(C)C)CCCCC2)cc1.Cl. The smallest absolute Gasteiger partial charge is 0.251 e. The Balaban J connectivity index is 0.00000288. The van der Waals surface area contributed by atoms with Crippen molar-refractivity contribution in [2.75, 3.05) is 20.6 Å². The standard InChI is InChI=1S/C19H30N2O2.ClH/c1-15(2)23-17-10-8-16(9-11-17)18(22)20-14-19(21(3)4)12-6-5-7-13-19;/h8-11,15H,5-7,12-14H2,1-4H3,(H,20,22);1H. The Morgan fingerprint density at radius 2 is 1.75 bits per heavy atom. The lowest BCUT2D eigenvalue weighted by molar-refractivity contribution is 0.0799. The molecule has 1 fully saturated rings. The van der Waals surface area contributed by atoms with E-state index in [-0.39, 0.29) is 30.0 Å². The molecule has 5 heteroatoms. The molecule has 1 aliphatic rings. The number of benzene rings is 1. The number of ether oxygens (including phenoxy) is 1. The van der Waals surface area contributed by atoms with Crippen LogP contribution in [0.5, 0.6) is 5.75 Å². The summed E-state index contributed by atoms with van der Waals surface area (Å²) in [5, 5.41) is 3.13. The molecule has 0 spiro atoms. The summed E-state index contributed by atoms with van der Waals surface area (Å²) in [4.78, 5) is 14.7. The summed E-state index contributed by atoms with van der Waals surface area (Å²) in [6.45, 7) is 4.69. The summed E-state index contributed by atoms with van der Waals surface area (Å²) in [6.07, 6.45) is 6.25. The van der Waals surface area contributed by atoms with Crippen molar-refractivity contribution in [2.45, 2.75) is 57.6 Å². The molecule has 0 saturated heterocycles. The molecule has 0 radical (unpaired) electrons. The van der Waals surface area contributed by atoms with E-state index in [9.17, 15) is 4.79 Å². The van der Waals surface area contributed by atoms with E-state index in [1.807, 2.05) is 38.1 Å². The predicted molar refractivity (Wildman–Crippen MR) is 101 cm³/mol. The van der Waals surface area contributed by atoms with Gasteiger partial charge in [0.05, 0.1) is 6.10 Å². The maximum Gasteiger partial charge on any atom is 0.251 e. The molecule has 0 heterocycles. The van der Waals surface area contributed by atoms with E-state index in [0.29, 0.717) is 12.1 Å². The highest BCUT2D eigenvalue weighted by atomic mass is 35.5. The summed E-state index contributed by atoms with van der Waals surface area (Å²) < 4.78 is 5.61. The van der Waals surface area contributed by atoms with Crippen LogP contribution in [0.15, 0.2) is 24.3 Å². The van der Waals surface area contributed by atoms with Gasteiger partial charge in [-0.2, -0.15) is 0 Å². The summed E-state index contributed by atoms with van der Waals surface area (Å²) in [7, 11) is 4.24. The van der Waals surface area contributed by atoms with Gasteiger partial charge in [0.15, 0.2) is 0 Å².